The predicted octanol–water partition coefficient (Wildman–Crippen LogP) is 3.77. The van der Waals surface area contributed by atoms with Crippen LogP contribution in [0.1, 0.15) is 31.2 Å². The second kappa shape index (κ2) is 7.83. The van der Waals surface area contributed by atoms with Crippen LogP contribution in [0.25, 0.3) is 6.08 Å². The number of aliphatic hydroxyl groups is 1. The molecule has 1 saturated carbocycles. The molecule has 21 heavy (non-hydrogen) atoms. The normalized spacial score (nSPS) is 15.2. The molecular formula is C16H19Cl2NO2. The smallest absolute Gasteiger partial charge is 0.246 e. The molecule has 1 fully saturated rings. The fourth-order valence-corrected chi connectivity index (χ4v) is 2.89. The first-order valence-corrected chi connectivity index (χ1v) is 7.91. The molecule has 1 N–H and O–H groups in total. The van der Waals surface area contributed by atoms with Crippen LogP contribution in [-0.2, 0) is 4.79 Å². The van der Waals surface area contributed by atoms with Gasteiger partial charge in [-0.25, -0.2) is 0 Å². The Balaban J connectivity index is 2.04. The Hall–Kier alpha value is -1.03. The van der Waals surface area contributed by atoms with Gasteiger partial charge in [0.25, 0.3) is 0 Å². The van der Waals surface area contributed by atoms with Crippen molar-refractivity contribution < 1.29 is 9.90 Å². The first-order chi connectivity index (χ1) is 10.1. The molecule has 114 valence electrons. The zero-order valence-electron chi connectivity index (χ0n) is 11.8. The van der Waals surface area contributed by atoms with Gasteiger partial charge >= 0.3 is 0 Å². The van der Waals surface area contributed by atoms with E-state index in [-0.39, 0.29) is 12.5 Å². The molecule has 1 aliphatic carbocycles. The summed E-state index contributed by atoms with van der Waals surface area (Å²) in [6, 6.07) is 5.50. The van der Waals surface area contributed by atoms with Gasteiger partial charge in [-0.1, -0.05) is 23.2 Å². The number of amides is 1. The van der Waals surface area contributed by atoms with Crippen LogP contribution in [0.15, 0.2) is 24.3 Å². The first kappa shape index (κ1) is 16.3. The van der Waals surface area contributed by atoms with Crippen LogP contribution in [0.3, 0.4) is 0 Å². The van der Waals surface area contributed by atoms with Crippen LogP contribution in [0, 0.1) is 0 Å². The molecule has 1 aromatic carbocycles. The predicted molar refractivity (Wildman–Crippen MR) is 86.6 cm³/mol. The topological polar surface area (TPSA) is 40.5 Å². The quantitative estimate of drug-likeness (QED) is 0.808. The Labute approximate surface area is 135 Å². The highest BCUT2D eigenvalue weighted by Crippen LogP contribution is 2.25. The van der Waals surface area contributed by atoms with Gasteiger partial charge in [-0.05, 0) is 55.5 Å². The van der Waals surface area contributed by atoms with E-state index >= 15 is 0 Å². The van der Waals surface area contributed by atoms with Gasteiger partial charge in [-0.2, -0.15) is 0 Å². The minimum Gasteiger partial charge on any atom is -0.396 e. The lowest BCUT2D eigenvalue weighted by atomic mass is 9.91. The molecule has 0 radical (unpaired) electrons. The van der Waals surface area contributed by atoms with E-state index in [2.05, 4.69) is 0 Å². The monoisotopic (exact) mass is 327 g/mol. The third-order valence-electron chi connectivity index (χ3n) is 3.66. The Kier molecular flexibility index (Phi) is 6.09. The van der Waals surface area contributed by atoms with E-state index in [1.807, 2.05) is 4.90 Å². The highest BCUT2D eigenvalue weighted by atomic mass is 35.5. The fraction of sp³-hybridized carbons (Fsp3) is 0.438. The van der Waals surface area contributed by atoms with E-state index < -0.39 is 0 Å². The number of carbonyl (C=O) groups excluding carboxylic acids is 1. The Bertz CT molecular complexity index is 507. The van der Waals surface area contributed by atoms with Crippen LogP contribution < -0.4 is 0 Å². The zero-order chi connectivity index (χ0) is 15.2. The van der Waals surface area contributed by atoms with E-state index in [0.717, 1.165) is 18.4 Å². The average molecular weight is 328 g/mol. The van der Waals surface area contributed by atoms with Crippen molar-refractivity contribution in [1.82, 2.24) is 4.90 Å². The van der Waals surface area contributed by atoms with Crippen LogP contribution in [0.5, 0.6) is 0 Å². The third kappa shape index (κ3) is 4.73. The molecule has 0 atom stereocenters. The van der Waals surface area contributed by atoms with Crippen molar-refractivity contribution in [3.8, 4) is 0 Å². The standard InChI is InChI=1S/C16H19Cl2NO2/c17-13-9-12(10-14(18)11-13)5-6-16(21)19(7-2-8-20)15-3-1-4-15/h5-6,9-11,15,20H,1-4,7-8H2/b6-5+. The average Bonchev–Trinajstić information content (AvgIpc) is 2.37. The van der Waals surface area contributed by atoms with Crippen molar-refractivity contribution in [2.75, 3.05) is 13.2 Å². The Morgan fingerprint density at radius 2 is 1.95 bits per heavy atom. The van der Waals surface area contributed by atoms with Crippen molar-refractivity contribution in [1.29, 1.82) is 0 Å². The molecular weight excluding hydrogens is 309 g/mol. The van der Waals surface area contributed by atoms with E-state index in [1.54, 1.807) is 30.4 Å². The van der Waals surface area contributed by atoms with Crippen LogP contribution in [-0.4, -0.2) is 35.1 Å². The molecule has 1 amide bonds. The molecule has 2 rings (SSSR count). The van der Waals surface area contributed by atoms with Crippen molar-refractivity contribution >= 4 is 35.2 Å². The lowest BCUT2D eigenvalue weighted by Gasteiger charge is -2.37. The largest absolute Gasteiger partial charge is 0.396 e. The Morgan fingerprint density at radius 3 is 2.48 bits per heavy atom. The summed E-state index contributed by atoms with van der Waals surface area (Å²) >= 11 is 11.9. The summed E-state index contributed by atoms with van der Waals surface area (Å²) in [4.78, 5) is 14.2. The molecule has 0 heterocycles. The number of aliphatic hydroxyl groups excluding tert-OH is 1. The maximum absolute atomic E-state index is 12.3. The molecule has 0 saturated heterocycles. The summed E-state index contributed by atoms with van der Waals surface area (Å²) in [5, 5.41) is 10.0. The van der Waals surface area contributed by atoms with Gasteiger partial charge in [0.15, 0.2) is 0 Å². The van der Waals surface area contributed by atoms with E-state index in [0.29, 0.717) is 29.1 Å². The third-order valence-corrected chi connectivity index (χ3v) is 4.10. The van der Waals surface area contributed by atoms with E-state index in [4.69, 9.17) is 28.3 Å². The second-order valence-corrected chi connectivity index (χ2v) is 6.10. The SMILES string of the molecule is O=C(/C=C/c1cc(Cl)cc(Cl)c1)N(CCCO)C1CCC1. The van der Waals surface area contributed by atoms with Gasteiger partial charge in [0, 0.05) is 35.3 Å². The lowest BCUT2D eigenvalue weighted by molar-refractivity contribution is -0.130. The summed E-state index contributed by atoms with van der Waals surface area (Å²) in [5.74, 6) is -0.0238. The van der Waals surface area contributed by atoms with E-state index in [9.17, 15) is 4.79 Å². The van der Waals surface area contributed by atoms with Gasteiger partial charge in [-0.15, -0.1) is 0 Å². The number of hydrogen-bond acceptors (Lipinski definition) is 2. The minimum atomic E-state index is -0.0238. The van der Waals surface area contributed by atoms with Gasteiger partial charge in [0.1, 0.15) is 0 Å². The number of halogens is 2. The summed E-state index contributed by atoms with van der Waals surface area (Å²) in [7, 11) is 0. The number of rotatable bonds is 6. The van der Waals surface area contributed by atoms with Crippen LogP contribution in [0.4, 0.5) is 0 Å². The highest BCUT2D eigenvalue weighted by molar-refractivity contribution is 6.34. The second-order valence-electron chi connectivity index (χ2n) is 5.23. The number of nitrogens with zero attached hydrogens (tertiary/aromatic N) is 1. The highest BCUT2D eigenvalue weighted by Gasteiger charge is 2.26. The summed E-state index contributed by atoms with van der Waals surface area (Å²) < 4.78 is 0. The Morgan fingerprint density at radius 1 is 1.29 bits per heavy atom. The van der Waals surface area contributed by atoms with Crippen molar-refractivity contribution in [3.05, 3.63) is 39.9 Å². The molecule has 0 aromatic heterocycles. The van der Waals surface area contributed by atoms with Crippen molar-refractivity contribution in [3.63, 3.8) is 0 Å². The maximum atomic E-state index is 12.3. The lowest BCUT2D eigenvalue weighted by Crippen LogP contribution is -2.44. The minimum absolute atomic E-state index is 0.0238. The molecule has 5 heteroatoms. The van der Waals surface area contributed by atoms with Gasteiger partial charge in [0.2, 0.25) is 5.91 Å². The number of benzene rings is 1. The summed E-state index contributed by atoms with van der Waals surface area (Å²) in [6.07, 6.45) is 7.16. The van der Waals surface area contributed by atoms with Crippen LogP contribution >= 0.6 is 23.2 Å². The molecule has 0 aliphatic heterocycles. The fourth-order valence-electron chi connectivity index (χ4n) is 2.35. The van der Waals surface area contributed by atoms with E-state index in [1.165, 1.54) is 6.42 Å². The molecule has 1 aliphatic rings. The molecule has 0 bridgehead atoms. The maximum Gasteiger partial charge on any atom is 0.246 e. The number of hydrogen-bond donors (Lipinski definition) is 1. The van der Waals surface area contributed by atoms with Crippen molar-refractivity contribution in [2.45, 2.75) is 31.7 Å². The number of carbonyl (C=O) groups is 1. The molecule has 0 unspecified atom stereocenters. The van der Waals surface area contributed by atoms with Gasteiger partial charge < -0.3 is 10.0 Å². The van der Waals surface area contributed by atoms with Crippen LogP contribution in [0.2, 0.25) is 10.0 Å². The summed E-state index contributed by atoms with van der Waals surface area (Å²) in [5.41, 5.74) is 0.802. The molecule has 0 spiro atoms. The zero-order valence-corrected chi connectivity index (χ0v) is 13.3. The molecule has 1 aromatic rings. The first-order valence-electron chi connectivity index (χ1n) is 7.16. The van der Waals surface area contributed by atoms with Crippen molar-refractivity contribution in [2.24, 2.45) is 0 Å². The molecule has 3 nitrogen and oxygen atoms in total. The summed E-state index contributed by atoms with van der Waals surface area (Å²) in [6.45, 7) is 0.699. The van der Waals surface area contributed by atoms with Gasteiger partial charge in [0.05, 0.1) is 0 Å². The van der Waals surface area contributed by atoms with Gasteiger partial charge in [-0.3, -0.25) is 4.79 Å².